The molecule has 4 aromatic rings. The predicted octanol–water partition coefficient (Wildman–Crippen LogP) is 7.13. The molecule has 2 aromatic heterocycles. The molecule has 38 heavy (non-hydrogen) atoms. The first-order valence-corrected chi connectivity index (χ1v) is 13.2. The quantitative estimate of drug-likeness (QED) is 0.231. The zero-order valence-corrected chi connectivity index (χ0v) is 23.7. The third-order valence-electron chi connectivity index (χ3n) is 6.30. The third-order valence-corrected chi connectivity index (χ3v) is 7.15. The van der Waals surface area contributed by atoms with E-state index in [4.69, 9.17) is 36.0 Å². The van der Waals surface area contributed by atoms with Gasteiger partial charge in [-0.05, 0) is 60.9 Å². The lowest BCUT2D eigenvalue weighted by molar-refractivity contribution is 0.525. The minimum absolute atomic E-state index is 0.157. The van der Waals surface area contributed by atoms with Gasteiger partial charge < -0.3 is 13.8 Å². The fourth-order valence-corrected chi connectivity index (χ4v) is 5.10. The maximum absolute atomic E-state index is 12.9. The van der Waals surface area contributed by atoms with Gasteiger partial charge in [0.25, 0.3) is 5.56 Å². The van der Waals surface area contributed by atoms with Crippen LogP contribution in [0.1, 0.15) is 43.1 Å². The molecule has 2 heterocycles. The molecule has 0 aliphatic rings. The van der Waals surface area contributed by atoms with Crippen molar-refractivity contribution >= 4 is 52.7 Å². The van der Waals surface area contributed by atoms with Crippen LogP contribution >= 0.6 is 36.0 Å². The second-order valence-corrected chi connectivity index (χ2v) is 10.2. The highest BCUT2D eigenvalue weighted by atomic mass is 35.5. The average Bonchev–Trinajstić information content (AvgIpc) is 2.91. The van der Waals surface area contributed by atoms with Gasteiger partial charge >= 0.3 is 0 Å². The summed E-state index contributed by atoms with van der Waals surface area (Å²) in [6.07, 6.45) is 2.76. The summed E-state index contributed by atoms with van der Waals surface area (Å²) in [5.41, 5.74) is 4.87. The number of halogens is 2. The molecule has 2 aromatic carbocycles. The van der Waals surface area contributed by atoms with Gasteiger partial charge in [-0.25, -0.2) is 4.98 Å². The zero-order valence-electron chi connectivity index (χ0n) is 21.3. The molecule has 0 fully saturated rings. The van der Waals surface area contributed by atoms with Gasteiger partial charge in [0.05, 0.1) is 17.2 Å². The van der Waals surface area contributed by atoms with Crippen LogP contribution < -0.4 is 10.5 Å². The number of aromatic nitrogens is 2. The summed E-state index contributed by atoms with van der Waals surface area (Å²) in [6, 6.07) is 22.1. The monoisotopic (exact) mass is 563 g/mol. The van der Waals surface area contributed by atoms with Gasteiger partial charge in [0, 0.05) is 41.6 Å². The molecule has 0 spiro atoms. The Balaban J connectivity index is 1.83. The fourth-order valence-electron chi connectivity index (χ4n) is 4.41. The Labute approximate surface area is 237 Å². The molecule has 0 saturated heterocycles. The Bertz CT molecular complexity index is 1530. The van der Waals surface area contributed by atoms with E-state index < -0.39 is 0 Å². The summed E-state index contributed by atoms with van der Waals surface area (Å²) in [6.45, 7) is 4.68. The minimum Gasteiger partial charge on any atom is -0.342 e. The lowest BCUT2D eigenvalue weighted by Gasteiger charge is -2.31. The standard InChI is InChI=1S/C29H27Cl2N5OS/c1-4-15-35(26-16-27(37)34(3)25-14-13-24(17-32)33-28(25)26)19(2)18-36(38)29(20-5-9-22(30)10-6-20)21-7-11-23(31)12-8-21/h5-14,16,18,29,38H,4,15H2,1-3H3/b19-18-. The molecule has 4 rings (SSSR count). The van der Waals surface area contributed by atoms with Gasteiger partial charge in [-0.15, -0.1) is 0 Å². The van der Waals surface area contributed by atoms with Crippen molar-refractivity contribution < 1.29 is 0 Å². The van der Waals surface area contributed by atoms with E-state index in [1.807, 2.05) is 70.9 Å². The molecule has 0 atom stereocenters. The van der Waals surface area contributed by atoms with Gasteiger partial charge in [0.1, 0.15) is 17.3 Å². The average molecular weight is 565 g/mol. The molecular weight excluding hydrogens is 537 g/mol. The summed E-state index contributed by atoms with van der Waals surface area (Å²) in [5, 5.41) is 10.8. The highest BCUT2D eigenvalue weighted by molar-refractivity contribution is 7.77. The first-order valence-electron chi connectivity index (χ1n) is 12.1. The molecule has 0 aliphatic heterocycles. The van der Waals surface area contributed by atoms with Crippen LogP contribution in [-0.2, 0) is 7.05 Å². The Hall–Kier alpha value is -3.44. The maximum atomic E-state index is 12.9. The van der Waals surface area contributed by atoms with E-state index in [-0.39, 0.29) is 17.3 Å². The summed E-state index contributed by atoms with van der Waals surface area (Å²) in [4.78, 5) is 19.5. The molecule has 0 radical (unpaired) electrons. The van der Waals surface area contributed by atoms with E-state index in [0.717, 1.165) is 23.2 Å². The number of anilines is 1. The van der Waals surface area contributed by atoms with E-state index >= 15 is 0 Å². The lowest BCUT2D eigenvalue weighted by Crippen LogP contribution is -2.28. The first kappa shape index (κ1) is 27.6. The van der Waals surface area contributed by atoms with Crippen LogP contribution in [0, 0.1) is 11.3 Å². The topological polar surface area (TPSA) is 65.2 Å². The van der Waals surface area contributed by atoms with Crippen molar-refractivity contribution in [3.63, 3.8) is 0 Å². The van der Waals surface area contributed by atoms with Gasteiger partial charge in [0.2, 0.25) is 0 Å². The van der Waals surface area contributed by atoms with Crippen molar-refractivity contribution in [1.29, 1.82) is 5.26 Å². The van der Waals surface area contributed by atoms with Crippen LogP contribution in [0.15, 0.2) is 83.4 Å². The van der Waals surface area contributed by atoms with Gasteiger partial charge in [-0.2, -0.15) is 5.26 Å². The number of aryl methyl sites for hydroxylation is 1. The molecular formula is C29H27Cl2N5OS. The van der Waals surface area contributed by atoms with E-state index in [2.05, 4.69) is 18.0 Å². The number of nitrogens with zero attached hydrogens (tertiary/aromatic N) is 5. The fraction of sp³-hybridized carbons (Fsp3) is 0.207. The Morgan fingerprint density at radius 1 is 1.08 bits per heavy atom. The number of pyridine rings is 2. The Kier molecular flexibility index (Phi) is 8.68. The molecule has 0 amide bonds. The van der Waals surface area contributed by atoms with Gasteiger partial charge in [0.15, 0.2) is 0 Å². The summed E-state index contributed by atoms with van der Waals surface area (Å²) in [5.74, 6) is 0. The summed E-state index contributed by atoms with van der Waals surface area (Å²) < 4.78 is 3.38. The third kappa shape index (κ3) is 5.83. The van der Waals surface area contributed by atoms with Crippen LogP contribution in [0.4, 0.5) is 5.69 Å². The number of allylic oxidation sites excluding steroid dienone is 1. The number of nitriles is 1. The van der Waals surface area contributed by atoms with Crippen molar-refractivity contribution in [2.24, 2.45) is 7.05 Å². The summed E-state index contributed by atoms with van der Waals surface area (Å²) in [7, 11) is 1.70. The van der Waals surface area contributed by atoms with Crippen LogP contribution in [-0.4, -0.2) is 20.4 Å². The highest BCUT2D eigenvalue weighted by Gasteiger charge is 2.21. The lowest BCUT2D eigenvalue weighted by atomic mass is 9.99. The number of hydrogen-bond acceptors (Lipinski definition) is 6. The van der Waals surface area contributed by atoms with E-state index in [1.165, 1.54) is 4.57 Å². The molecule has 0 aliphatic carbocycles. The minimum atomic E-state index is -0.241. The smallest absolute Gasteiger partial charge is 0.252 e. The molecule has 0 N–H and O–H groups in total. The SMILES string of the molecule is CCCN(/C(C)=C\N(S)C(c1ccc(Cl)cc1)c1ccc(Cl)cc1)c1cc(=O)n(C)c2ccc(C#N)nc12. The largest absolute Gasteiger partial charge is 0.342 e. The molecule has 0 bridgehead atoms. The van der Waals surface area contributed by atoms with Crippen molar-refractivity contribution in [3.8, 4) is 6.07 Å². The molecule has 0 unspecified atom stereocenters. The Morgan fingerprint density at radius 2 is 1.66 bits per heavy atom. The highest BCUT2D eigenvalue weighted by Crippen LogP contribution is 2.34. The van der Waals surface area contributed by atoms with Crippen molar-refractivity contribution in [3.05, 3.63) is 116 Å². The molecule has 0 saturated carbocycles. The maximum Gasteiger partial charge on any atom is 0.252 e. The second kappa shape index (κ2) is 12.0. The van der Waals surface area contributed by atoms with E-state index in [0.29, 0.717) is 33.3 Å². The normalized spacial score (nSPS) is 11.6. The predicted molar refractivity (Wildman–Crippen MR) is 159 cm³/mol. The summed E-state index contributed by atoms with van der Waals surface area (Å²) >= 11 is 17.2. The Morgan fingerprint density at radius 3 is 2.18 bits per heavy atom. The second-order valence-electron chi connectivity index (χ2n) is 8.91. The molecule has 9 heteroatoms. The number of thiol groups is 1. The van der Waals surface area contributed by atoms with Gasteiger partial charge in [-0.3, -0.25) is 4.79 Å². The number of benzene rings is 2. The van der Waals surface area contributed by atoms with Crippen LogP contribution in [0.5, 0.6) is 0 Å². The van der Waals surface area contributed by atoms with Crippen molar-refractivity contribution in [2.75, 3.05) is 11.4 Å². The van der Waals surface area contributed by atoms with Crippen molar-refractivity contribution in [1.82, 2.24) is 13.9 Å². The number of rotatable bonds is 8. The van der Waals surface area contributed by atoms with Crippen LogP contribution in [0.3, 0.4) is 0 Å². The van der Waals surface area contributed by atoms with E-state index in [1.54, 1.807) is 25.2 Å². The zero-order chi connectivity index (χ0) is 27.4. The van der Waals surface area contributed by atoms with Gasteiger partial charge in [-0.1, -0.05) is 67.2 Å². The van der Waals surface area contributed by atoms with E-state index in [9.17, 15) is 10.1 Å². The molecule has 194 valence electrons. The first-order chi connectivity index (χ1) is 18.2. The van der Waals surface area contributed by atoms with Crippen LogP contribution in [0.2, 0.25) is 10.0 Å². The number of hydrogen-bond donors (Lipinski definition) is 1. The van der Waals surface area contributed by atoms with Crippen LogP contribution in [0.25, 0.3) is 11.0 Å². The van der Waals surface area contributed by atoms with Crippen molar-refractivity contribution in [2.45, 2.75) is 26.3 Å². The molecule has 6 nitrogen and oxygen atoms in total. The number of fused-ring (bicyclic) bond motifs is 1.